The van der Waals surface area contributed by atoms with Crippen LogP contribution in [0.3, 0.4) is 0 Å². The summed E-state index contributed by atoms with van der Waals surface area (Å²) in [7, 11) is 3.58. The lowest BCUT2D eigenvalue weighted by atomic mass is 9.90. The molecule has 1 saturated carbocycles. The van der Waals surface area contributed by atoms with Gasteiger partial charge in [0, 0.05) is 39.8 Å². The largest absolute Gasteiger partial charge is 0.480 e. The Morgan fingerprint density at radius 2 is 2.23 bits per heavy atom. The van der Waals surface area contributed by atoms with Gasteiger partial charge in [-0.15, -0.1) is 11.6 Å². The van der Waals surface area contributed by atoms with E-state index in [9.17, 15) is 5.11 Å². The minimum atomic E-state index is -0.623. The van der Waals surface area contributed by atoms with E-state index < -0.39 is 6.10 Å². The lowest BCUT2D eigenvalue weighted by molar-refractivity contribution is 0.183. The van der Waals surface area contributed by atoms with Crippen LogP contribution in [0.2, 0.25) is 0 Å². The van der Waals surface area contributed by atoms with E-state index in [0.29, 0.717) is 13.0 Å². The maximum absolute atomic E-state index is 10.7. The number of benzene rings is 1. The van der Waals surface area contributed by atoms with Gasteiger partial charge in [-0.1, -0.05) is 50.1 Å². The van der Waals surface area contributed by atoms with Crippen LogP contribution in [0.5, 0.6) is 5.75 Å². The molecule has 7 heteroatoms. The van der Waals surface area contributed by atoms with Crippen molar-refractivity contribution in [1.29, 1.82) is 1.28 Å². The van der Waals surface area contributed by atoms with Gasteiger partial charge in [0.1, 0.15) is 5.75 Å². The molecule has 0 radical (unpaired) electrons. The molecule has 0 aromatic heterocycles. The smallest absolute Gasteiger partial charge is 0.128 e. The Balaban J connectivity index is 2.05. The quantitative estimate of drug-likeness (QED) is 0.151. The molecule has 1 aliphatic carbocycles. The summed E-state index contributed by atoms with van der Waals surface area (Å²) in [4.78, 5) is 0. The first-order chi connectivity index (χ1) is 15.5. The van der Waals surface area contributed by atoms with E-state index >= 15 is 0 Å². The third-order valence-electron chi connectivity index (χ3n) is 5.85. The van der Waals surface area contributed by atoms with Crippen molar-refractivity contribution < 1.29 is 18.9 Å². The molecule has 1 aromatic rings. The topological polar surface area (TPSA) is 47.9 Å². The van der Waals surface area contributed by atoms with Crippen molar-refractivity contribution in [3.8, 4) is 5.75 Å². The van der Waals surface area contributed by atoms with E-state index in [1.807, 2.05) is 24.3 Å². The van der Waals surface area contributed by atoms with Gasteiger partial charge in [0.05, 0.1) is 29.6 Å². The summed E-state index contributed by atoms with van der Waals surface area (Å²) in [5.74, 6) is 1.08. The van der Waals surface area contributed by atoms with Crippen molar-refractivity contribution in [3.63, 3.8) is 0 Å². The Labute approximate surface area is 198 Å². The standard InChI is InChI=1S/C24H37ClO4P2/c1-3-4-5-6-7-8-20-21(24(29-31)15-22(20)25)11-10-19(26)14-17-9-12-23(28-30)18(13-17)16-27-2/h6-7,9-13,19-22,24,26H,3-5,8,14-16,30-31H2,1-2H3/b7-6-,11-10+/t19?,20-,21-,22-,24-/m1/s1/i31T/t19?,20-,21-,22-,24-,31?. The highest BCUT2D eigenvalue weighted by atomic mass is 35.5. The summed E-state index contributed by atoms with van der Waals surface area (Å²) in [6.45, 7) is 2.64. The third kappa shape index (κ3) is 8.43. The number of ether oxygens (including phenoxy) is 1. The molecule has 0 heterocycles. The first-order valence-corrected chi connectivity index (χ1v) is 12.3. The van der Waals surface area contributed by atoms with Crippen molar-refractivity contribution in [3.05, 3.63) is 53.6 Å². The van der Waals surface area contributed by atoms with Crippen LogP contribution in [0, 0.1) is 11.8 Å². The Hall–Kier alpha value is -0.470. The number of halogens is 1. The molecule has 0 amide bonds. The molecule has 174 valence electrons. The van der Waals surface area contributed by atoms with E-state index in [1.54, 1.807) is 7.11 Å². The minimum absolute atomic E-state index is 0.00929. The summed E-state index contributed by atoms with van der Waals surface area (Å²) in [6.07, 6.45) is 13.3. The summed E-state index contributed by atoms with van der Waals surface area (Å²) in [5, 5.41) is 10.7. The summed E-state index contributed by atoms with van der Waals surface area (Å²) >= 11 is 6.67. The predicted octanol–water partition coefficient (Wildman–Crippen LogP) is 6.02. The Bertz CT molecular complexity index is 734. The van der Waals surface area contributed by atoms with Crippen LogP contribution in [0.4, 0.5) is 0 Å². The number of hydrogen-bond acceptors (Lipinski definition) is 4. The lowest BCUT2D eigenvalue weighted by Crippen LogP contribution is -2.19. The van der Waals surface area contributed by atoms with E-state index in [2.05, 4.69) is 34.6 Å². The molecule has 0 aliphatic heterocycles. The molecule has 0 spiro atoms. The Morgan fingerprint density at radius 3 is 2.94 bits per heavy atom. The number of allylic oxidation sites excluding steroid dienone is 2. The van der Waals surface area contributed by atoms with Crippen molar-refractivity contribution in [2.24, 2.45) is 11.8 Å². The number of aliphatic hydroxyl groups is 1. The van der Waals surface area contributed by atoms with Gasteiger partial charge in [0.15, 0.2) is 0 Å². The first-order valence-electron chi connectivity index (χ1n) is 11.5. The van der Waals surface area contributed by atoms with Crippen LogP contribution >= 0.6 is 30.5 Å². The van der Waals surface area contributed by atoms with Crippen LogP contribution in [0.15, 0.2) is 42.5 Å². The second kappa shape index (κ2) is 14.6. The molecule has 1 aliphatic rings. The number of hydrogen-bond donors (Lipinski definition) is 1. The number of rotatable bonds is 14. The van der Waals surface area contributed by atoms with Gasteiger partial charge in [0.25, 0.3) is 0 Å². The van der Waals surface area contributed by atoms with Gasteiger partial charge in [-0.3, -0.25) is 0 Å². The minimum Gasteiger partial charge on any atom is -0.480 e. The molecule has 4 nitrogen and oxygen atoms in total. The number of alkyl halides is 1. The normalized spacial score (nSPS) is 25.8. The summed E-state index contributed by atoms with van der Waals surface area (Å²) in [6, 6.07) is 5.85. The molecular weight excluding hydrogens is 450 g/mol. The van der Waals surface area contributed by atoms with E-state index in [4.69, 9.17) is 26.7 Å². The predicted molar refractivity (Wildman–Crippen MR) is 135 cm³/mol. The zero-order valence-electron chi connectivity index (χ0n) is 19.5. The van der Waals surface area contributed by atoms with Crippen LogP contribution < -0.4 is 4.52 Å². The van der Waals surface area contributed by atoms with Gasteiger partial charge in [-0.2, -0.15) is 0 Å². The second-order valence-corrected chi connectivity index (χ2v) is 9.18. The zero-order valence-corrected chi connectivity index (χ0v) is 21.4. The number of unbranched alkanes of at least 4 members (excludes halogenated alkanes) is 2. The van der Waals surface area contributed by atoms with Crippen molar-refractivity contribution >= 4 is 30.5 Å². The fraction of sp³-hybridized carbons (Fsp3) is 0.583. The molecule has 2 rings (SSSR count). The summed E-state index contributed by atoms with van der Waals surface area (Å²) < 4.78 is 23.8. The molecule has 7 atom stereocenters. The summed E-state index contributed by atoms with van der Waals surface area (Å²) in [5.41, 5.74) is 1.95. The first kappa shape index (κ1) is 25.2. The number of methoxy groups -OCH3 is 1. The van der Waals surface area contributed by atoms with Crippen LogP contribution in [-0.2, 0) is 22.3 Å². The monoisotopic (exact) mass is 488 g/mol. The average molecular weight is 489 g/mol. The fourth-order valence-corrected chi connectivity index (χ4v) is 5.10. The van der Waals surface area contributed by atoms with E-state index in [-0.39, 0.29) is 32.7 Å². The van der Waals surface area contributed by atoms with Gasteiger partial charge >= 0.3 is 0 Å². The van der Waals surface area contributed by atoms with Crippen molar-refractivity contribution in [2.45, 2.75) is 69.6 Å². The van der Waals surface area contributed by atoms with Crippen LogP contribution in [-0.4, -0.2) is 31.1 Å². The molecule has 3 unspecified atom stereocenters. The highest BCUT2D eigenvalue weighted by Crippen LogP contribution is 2.41. The molecule has 31 heavy (non-hydrogen) atoms. The van der Waals surface area contributed by atoms with E-state index in [0.717, 1.165) is 36.1 Å². The number of aliphatic hydroxyl groups excluding tert-OH is 1. The van der Waals surface area contributed by atoms with Crippen LogP contribution in [0.1, 0.15) is 50.2 Å². The van der Waals surface area contributed by atoms with Gasteiger partial charge in [0.2, 0.25) is 0 Å². The maximum Gasteiger partial charge on any atom is 0.128 e. The molecule has 1 N–H and O–H groups in total. The van der Waals surface area contributed by atoms with Gasteiger partial charge in [-0.25, -0.2) is 0 Å². The molecule has 1 aromatic carbocycles. The lowest BCUT2D eigenvalue weighted by Gasteiger charge is -2.21. The maximum atomic E-state index is 10.7. The average Bonchev–Trinajstić information content (AvgIpc) is 3.07. The molecule has 1 fully saturated rings. The fourth-order valence-electron chi connectivity index (χ4n) is 4.17. The van der Waals surface area contributed by atoms with Crippen molar-refractivity contribution in [1.82, 2.24) is 0 Å². The molecular formula is C24H37ClO4P2. The van der Waals surface area contributed by atoms with Crippen molar-refractivity contribution in [2.75, 3.05) is 7.11 Å². The zero-order chi connectivity index (χ0) is 23.3. The van der Waals surface area contributed by atoms with Gasteiger partial charge < -0.3 is 18.9 Å². The van der Waals surface area contributed by atoms with E-state index in [1.165, 1.54) is 12.8 Å². The SMILES string of the molecule is [3H]PO[C@@H]1C[C@@H](Cl)[C@H](C/C=C\CCCC)[C@H]1/C=C/C(O)Cc1ccc(OP)c(COC)c1. The second-order valence-electron chi connectivity index (χ2n) is 8.15. The molecule has 0 saturated heterocycles. The highest BCUT2D eigenvalue weighted by molar-refractivity contribution is 7.10. The Kier molecular flexibility index (Phi) is 11.9. The van der Waals surface area contributed by atoms with Gasteiger partial charge in [-0.05, 0) is 42.9 Å². The third-order valence-corrected chi connectivity index (χ3v) is 6.91. The Morgan fingerprint density at radius 1 is 1.39 bits per heavy atom. The van der Waals surface area contributed by atoms with Crippen LogP contribution in [0.25, 0.3) is 0 Å². The molecule has 0 bridgehead atoms. The highest BCUT2D eigenvalue weighted by Gasteiger charge is 2.40.